The van der Waals surface area contributed by atoms with Crippen LogP contribution in [0, 0.1) is 0 Å². The molecule has 0 bridgehead atoms. The molecule has 3 heteroatoms. The van der Waals surface area contributed by atoms with E-state index < -0.39 is 0 Å². The first kappa shape index (κ1) is 14.9. The van der Waals surface area contributed by atoms with E-state index in [1.165, 1.54) is 5.56 Å². The maximum Gasteiger partial charge on any atom is 0.0846 e. The van der Waals surface area contributed by atoms with Crippen molar-refractivity contribution in [1.82, 2.24) is 0 Å². The van der Waals surface area contributed by atoms with Crippen LogP contribution in [0.25, 0.3) is 0 Å². The Hall–Kier alpha value is -0.500. The molecule has 0 heterocycles. The molecule has 0 aliphatic rings. The highest BCUT2D eigenvalue weighted by molar-refractivity contribution is 9.10. The fraction of sp³-hybridized carbons (Fsp3) is 0.250. The summed E-state index contributed by atoms with van der Waals surface area (Å²) >= 11 is 16.1. The molecule has 2 aromatic carbocycles. The lowest BCUT2D eigenvalue weighted by Gasteiger charge is -2.13. The van der Waals surface area contributed by atoms with Gasteiger partial charge in [0.15, 0.2) is 0 Å². The summed E-state index contributed by atoms with van der Waals surface area (Å²) in [6.45, 7) is 2.18. The monoisotopic (exact) mass is 356 g/mol. The average Bonchev–Trinajstić information content (AvgIpc) is 2.42. The van der Waals surface area contributed by atoms with Gasteiger partial charge in [-0.05, 0) is 41.3 Å². The van der Waals surface area contributed by atoms with Crippen molar-refractivity contribution in [2.45, 2.75) is 25.1 Å². The standard InChI is InChI=1S/C16H15BrCl2/c1-2-3-11-4-6-12(7-5-11)16(19)14-10-13(18)8-9-15(14)17/h4-10,16H,2-3H2,1H3. The first-order chi connectivity index (χ1) is 9.11. The van der Waals surface area contributed by atoms with Crippen LogP contribution in [0.3, 0.4) is 0 Å². The summed E-state index contributed by atoms with van der Waals surface area (Å²) in [6.07, 6.45) is 2.26. The third-order valence-electron chi connectivity index (χ3n) is 3.04. The third-order valence-corrected chi connectivity index (χ3v) is 4.49. The molecule has 0 N–H and O–H groups in total. The molecule has 0 saturated carbocycles. The lowest BCUT2D eigenvalue weighted by atomic mass is 10.0. The number of hydrogen-bond acceptors (Lipinski definition) is 0. The Morgan fingerprint density at radius 2 is 1.79 bits per heavy atom. The van der Waals surface area contributed by atoms with Crippen LogP contribution in [-0.4, -0.2) is 0 Å². The molecular weight excluding hydrogens is 343 g/mol. The van der Waals surface area contributed by atoms with Crippen molar-refractivity contribution in [1.29, 1.82) is 0 Å². The van der Waals surface area contributed by atoms with E-state index in [0.29, 0.717) is 5.02 Å². The predicted molar refractivity (Wildman–Crippen MR) is 87.3 cm³/mol. The molecule has 0 radical (unpaired) electrons. The predicted octanol–water partition coefficient (Wildman–Crippen LogP) is 6.38. The van der Waals surface area contributed by atoms with Crippen LogP contribution < -0.4 is 0 Å². The summed E-state index contributed by atoms with van der Waals surface area (Å²) in [5.74, 6) is 0. The van der Waals surface area contributed by atoms with Crippen LogP contribution in [0.5, 0.6) is 0 Å². The Morgan fingerprint density at radius 3 is 2.42 bits per heavy atom. The Labute approximate surface area is 132 Å². The Bertz CT molecular complexity index is 549. The molecule has 0 saturated heterocycles. The maximum atomic E-state index is 6.55. The summed E-state index contributed by atoms with van der Waals surface area (Å²) in [5, 5.41) is 0.509. The summed E-state index contributed by atoms with van der Waals surface area (Å²) in [4.78, 5) is 0. The zero-order valence-electron chi connectivity index (χ0n) is 10.7. The highest BCUT2D eigenvalue weighted by Gasteiger charge is 2.14. The Morgan fingerprint density at radius 1 is 1.11 bits per heavy atom. The van der Waals surface area contributed by atoms with Gasteiger partial charge in [0.05, 0.1) is 5.38 Å². The molecule has 1 atom stereocenters. The Kier molecular flexibility index (Phi) is 5.32. The second-order valence-corrected chi connectivity index (χ2v) is 6.25. The summed E-state index contributed by atoms with van der Waals surface area (Å²) in [7, 11) is 0. The van der Waals surface area contributed by atoms with Crippen molar-refractivity contribution >= 4 is 39.1 Å². The van der Waals surface area contributed by atoms with E-state index >= 15 is 0 Å². The van der Waals surface area contributed by atoms with Gasteiger partial charge in [-0.15, -0.1) is 11.6 Å². The maximum absolute atomic E-state index is 6.55. The molecule has 0 amide bonds. The van der Waals surface area contributed by atoms with Gasteiger partial charge in [-0.2, -0.15) is 0 Å². The second kappa shape index (κ2) is 6.78. The van der Waals surface area contributed by atoms with Crippen molar-refractivity contribution < 1.29 is 0 Å². The molecule has 0 spiro atoms. The quantitative estimate of drug-likeness (QED) is 0.556. The minimum Gasteiger partial charge on any atom is -0.113 e. The molecule has 0 aromatic heterocycles. The second-order valence-electron chi connectivity index (χ2n) is 4.52. The normalized spacial score (nSPS) is 12.4. The zero-order chi connectivity index (χ0) is 13.8. The van der Waals surface area contributed by atoms with E-state index in [2.05, 4.69) is 47.1 Å². The minimum absolute atomic E-state index is 0.191. The topological polar surface area (TPSA) is 0 Å². The van der Waals surface area contributed by atoms with Gasteiger partial charge in [0.2, 0.25) is 0 Å². The van der Waals surface area contributed by atoms with Gasteiger partial charge in [-0.3, -0.25) is 0 Å². The molecule has 100 valence electrons. The van der Waals surface area contributed by atoms with Crippen LogP contribution in [0.15, 0.2) is 46.9 Å². The number of aryl methyl sites for hydroxylation is 1. The minimum atomic E-state index is -0.191. The fourth-order valence-electron chi connectivity index (χ4n) is 2.03. The number of halogens is 3. The molecule has 1 unspecified atom stereocenters. The largest absolute Gasteiger partial charge is 0.113 e. The van der Waals surface area contributed by atoms with E-state index in [-0.39, 0.29) is 5.38 Å². The number of hydrogen-bond donors (Lipinski definition) is 0. The van der Waals surface area contributed by atoms with E-state index in [1.807, 2.05) is 18.2 Å². The van der Waals surface area contributed by atoms with E-state index in [4.69, 9.17) is 23.2 Å². The van der Waals surface area contributed by atoms with Crippen LogP contribution in [0.1, 0.15) is 35.4 Å². The lowest BCUT2D eigenvalue weighted by Crippen LogP contribution is -1.95. The van der Waals surface area contributed by atoms with Crippen molar-refractivity contribution in [2.24, 2.45) is 0 Å². The van der Waals surface area contributed by atoms with Crippen LogP contribution in [0.2, 0.25) is 5.02 Å². The average molecular weight is 358 g/mol. The smallest absolute Gasteiger partial charge is 0.0846 e. The number of rotatable bonds is 4. The molecule has 19 heavy (non-hydrogen) atoms. The van der Waals surface area contributed by atoms with Crippen molar-refractivity contribution in [3.63, 3.8) is 0 Å². The summed E-state index contributed by atoms with van der Waals surface area (Å²) in [5.41, 5.74) is 3.43. The SMILES string of the molecule is CCCc1ccc(C(Cl)c2cc(Cl)ccc2Br)cc1. The lowest BCUT2D eigenvalue weighted by molar-refractivity contribution is 0.920. The van der Waals surface area contributed by atoms with Gasteiger partial charge < -0.3 is 0 Å². The van der Waals surface area contributed by atoms with E-state index in [1.54, 1.807) is 0 Å². The summed E-state index contributed by atoms with van der Waals surface area (Å²) < 4.78 is 0.981. The summed E-state index contributed by atoms with van der Waals surface area (Å²) in [6, 6.07) is 14.2. The van der Waals surface area contributed by atoms with Gasteiger partial charge in [0, 0.05) is 9.50 Å². The molecule has 0 aliphatic heterocycles. The Balaban J connectivity index is 2.27. The van der Waals surface area contributed by atoms with Gasteiger partial charge in [0.25, 0.3) is 0 Å². The van der Waals surface area contributed by atoms with Crippen molar-refractivity contribution in [2.75, 3.05) is 0 Å². The molecule has 2 aromatic rings. The fourth-order valence-corrected chi connectivity index (χ4v) is 3.14. The van der Waals surface area contributed by atoms with Crippen LogP contribution in [-0.2, 0) is 6.42 Å². The highest BCUT2D eigenvalue weighted by atomic mass is 79.9. The van der Waals surface area contributed by atoms with Gasteiger partial charge >= 0.3 is 0 Å². The first-order valence-corrected chi connectivity index (χ1v) is 7.90. The molecule has 0 aliphatic carbocycles. The van der Waals surface area contributed by atoms with E-state index in [9.17, 15) is 0 Å². The molecule has 0 fully saturated rings. The van der Waals surface area contributed by atoms with Gasteiger partial charge in [-0.1, -0.05) is 65.1 Å². The molecule has 2 rings (SSSR count). The van der Waals surface area contributed by atoms with Gasteiger partial charge in [-0.25, -0.2) is 0 Å². The van der Waals surface area contributed by atoms with E-state index in [0.717, 1.165) is 28.4 Å². The molecular formula is C16H15BrCl2. The van der Waals surface area contributed by atoms with Crippen molar-refractivity contribution in [3.8, 4) is 0 Å². The van der Waals surface area contributed by atoms with Gasteiger partial charge in [0.1, 0.15) is 0 Å². The zero-order valence-corrected chi connectivity index (χ0v) is 13.8. The molecule has 0 nitrogen and oxygen atoms in total. The number of alkyl halides is 1. The third kappa shape index (κ3) is 3.75. The van der Waals surface area contributed by atoms with Crippen molar-refractivity contribution in [3.05, 3.63) is 68.7 Å². The highest BCUT2D eigenvalue weighted by Crippen LogP contribution is 2.35. The first-order valence-electron chi connectivity index (χ1n) is 6.29. The number of benzene rings is 2. The van der Waals surface area contributed by atoms with Crippen LogP contribution in [0.4, 0.5) is 0 Å². The van der Waals surface area contributed by atoms with Crippen LogP contribution >= 0.6 is 39.1 Å².